The van der Waals surface area contributed by atoms with Gasteiger partial charge in [-0.3, -0.25) is 0 Å². The zero-order valence-electron chi connectivity index (χ0n) is 9.75. The Labute approximate surface area is 113 Å². The van der Waals surface area contributed by atoms with E-state index in [0.717, 1.165) is 10.0 Å². The Morgan fingerprint density at radius 1 is 1.11 bits per heavy atom. The van der Waals surface area contributed by atoms with E-state index in [-0.39, 0.29) is 5.56 Å². The summed E-state index contributed by atoms with van der Waals surface area (Å²) in [7, 11) is 0. The van der Waals surface area contributed by atoms with Crippen LogP contribution in [0.2, 0.25) is 0 Å². The van der Waals surface area contributed by atoms with Crippen LogP contribution in [0.1, 0.15) is 22.7 Å². The number of nitrogens with two attached hydrogens (primary N) is 1. The molecular formula is C14H12BrF2N. The minimum atomic E-state index is -0.817. The minimum absolute atomic E-state index is 0.102. The van der Waals surface area contributed by atoms with Crippen LogP contribution in [0.5, 0.6) is 0 Å². The van der Waals surface area contributed by atoms with Gasteiger partial charge in [0.25, 0.3) is 0 Å². The Morgan fingerprint density at radius 2 is 1.72 bits per heavy atom. The van der Waals surface area contributed by atoms with Gasteiger partial charge in [0, 0.05) is 10.0 Å². The van der Waals surface area contributed by atoms with Crippen LogP contribution in [0.3, 0.4) is 0 Å². The van der Waals surface area contributed by atoms with Crippen LogP contribution in [0.4, 0.5) is 8.78 Å². The molecule has 2 aromatic carbocycles. The van der Waals surface area contributed by atoms with E-state index in [1.54, 1.807) is 6.07 Å². The number of hydrogen-bond donors (Lipinski definition) is 1. The van der Waals surface area contributed by atoms with Crippen LogP contribution < -0.4 is 5.73 Å². The monoisotopic (exact) mass is 311 g/mol. The molecule has 1 unspecified atom stereocenters. The Bertz CT molecular complexity index is 544. The molecule has 18 heavy (non-hydrogen) atoms. The molecule has 0 radical (unpaired) electrons. The van der Waals surface area contributed by atoms with Gasteiger partial charge in [-0.1, -0.05) is 28.1 Å². The third-order valence-electron chi connectivity index (χ3n) is 2.73. The van der Waals surface area contributed by atoms with Crippen molar-refractivity contribution in [3.8, 4) is 0 Å². The highest BCUT2D eigenvalue weighted by Gasteiger charge is 2.18. The maximum absolute atomic E-state index is 13.7. The summed E-state index contributed by atoms with van der Waals surface area (Å²) in [6.07, 6.45) is 0. The van der Waals surface area contributed by atoms with Crippen LogP contribution in [0, 0.1) is 18.6 Å². The molecule has 0 bridgehead atoms. The van der Waals surface area contributed by atoms with Crippen molar-refractivity contribution in [2.24, 2.45) is 5.73 Å². The predicted octanol–water partition coefficient (Wildman–Crippen LogP) is 4.08. The molecule has 0 aliphatic rings. The molecule has 0 amide bonds. The summed E-state index contributed by atoms with van der Waals surface area (Å²) in [5, 5.41) is 0. The van der Waals surface area contributed by atoms with Crippen molar-refractivity contribution in [2.45, 2.75) is 13.0 Å². The summed E-state index contributed by atoms with van der Waals surface area (Å²) in [5.74, 6) is -1.25. The zero-order valence-corrected chi connectivity index (χ0v) is 11.3. The molecular weight excluding hydrogens is 300 g/mol. The quantitative estimate of drug-likeness (QED) is 0.888. The topological polar surface area (TPSA) is 26.0 Å². The summed E-state index contributed by atoms with van der Waals surface area (Å²) in [6.45, 7) is 1.90. The first-order chi connectivity index (χ1) is 8.49. The SMILES string of the molecule is Cc1cc(Br)cc(C(N)c2c(F)cccc2F)c1. The number of benzene rings is 2. The minimum Gasteiger partial charge on any atom is -0.320 e. The van der Waals surface area contributed by atoms with Crippen molar-refractivity contribution in [3.63, 3.8) is 0 Å². The first kappa shape index (κ1) is 13.2. The van der Waals surface area contributed by atoms with Crippen molar-refractivity contribution in [1.29, 1.82) is 0 Å². The van der Waals surface area contributed by atoms with Crippen molar-refractivity contribution in [1.82, 2.24) is 0 Å². The molecule has 2 aromatic rings. The molecule has 0 saturated heterocycles. The molecule has 0 aliphatic carbocycles. The number of rotatable bonds is 2. The van der Waals surface area contributed by atoms with E-state index in [4.69, 9.17) is 5.73 Å². The van der Waals surface area contributed by atoms with E-state index < -0.39 is 17.7 Å². The average molecular weight is 312 g/mol. The molecule has 2 N–H and O–H groups in total. The highest BCUT2D eigenvalue weighted by molar-refractivity contribution is 9.10. The van der Waals surface area contributed by atoms with Crippen LogP contribution in [0.25, 0.3) is 0 Å². The largest absolute Gasteiger partial charge is 0.320 e. The molecule has 4 heteroatoms. The molecule has 94 valence electrons. The van der Waals surface area contributed by atoms with Gasteiger partial charge in [0.1, 0.15) is 11.6 Å². The van der Waals surface area contributed by atoms with Gasteiger partial charge in [0.05, 0.1) is 6.04 Å². The Morgan fingerprint density at radius 3 is 2.28 bits per heavy atom. The van der Waals surface area contributed by atoms with E-state index in [1.165, 1.54) is 18.2 Å². The fourth-order valence-corrected chi connectivity index (χ4v) is 2.54. The molecule has 1 nitrogen and oxygen atoms in total. The highest BCUT2D eigenvalue weighted by Crippen LogP contribution is 2.27. The predicted molar refractivity (Wildman–Crippen MR) is 71.3 cm³/mol. The second-order valence-corrected chi connectivity index (χ2v) is 5.09. The van der Waals surface area contributed by atoms with Gasteiger partial charge in [-0.25, -0.2) is 8.78 Å². The number of aryl methyl sites for hydroxylation is 1. The third kappa shape index (κ3) is 2.60. The summed E-state index contributed by atoms with van der Waals surface area (Å²) < 4.78 is 28.1. The normalized spacial score (nSPS) is 12.5. The van der Waals surface area contributed by atoms with Crippen LogP contribution in [-0.2, 0) is 0 Å². The first-order valence-electron chi connectivity index (χ1n) is 5.45. The molecule has 1 atom stereocenters. The second-order valence-electron chi connectivity index (χ2n) is 4.17. The Balaban J connectivity index is 2.51. The van der Waals surface area contributed by atoms with Gasteiger partial charge >= 0.3 is 0 Å². The lowest BCUT2D eigenvalue weighted by Crippen LogP contribution is -2.15. The van der Waals surface area contributed by atoms with Crippen molar-refractivity contribution >= 4 is 15.9 Å². The first-order valence-corrected chi connectivity index (χ1v) is 6.25. The van der Waals surface area contributed by atoms with Crippen molar-refractivity contribution < 1.29 is 8.78 Å². The Hall–Kier alpha value is -1.26. The fourth-order valence-electron chi connectivity index (χ4n) is 1.92. The smallest absolute Gasteiger partial charge is 0.131 e. The number of halogens is 3. The van der Waals surface area contributed by atoms with E-state index in [2.05, 4.69) is 15.9 Å². The van der Waals surface area contributed by atoms with E-state index >= 15 is 0 Å². The summed E-state index contributed by atoms with van der Waals surface area (Å²) in [6, 6.07) is 8.43. The molecule has 0 spiro atoms. The molecule has 0 aliphatic heterocycles. The van der Waals surface area contributed by atoms with Gasteiger partial charge < -0.3 is 5.73 Å². The van der Waals surface area contributed by atoms with Crippen LogP contribution >= 0.6 is 15.9 Å². The van der Waals surface area contributed by atoms with Gasteiger partial charge in [0.2, 0.25) is 0 Å². The van der Waals surface area contributed by atoms with Gasteiger partial charge in [-0.15, -0.1) is 0 Å². The van der Waals surface area contributed by atoms with E-state index in [1.807, 2.05) is 19.1 Å². The molecule has 2 rings (SSSR count). The van der Waals surface area contributed by atoms with Crippen molar-refractivity contribution in [2.75, 3.05) is 0 Å². The third-order valence-corrected chi connectivity index (χ3v) is 3.19. The van der Waals surface area contributed by atoms with E-state index in [9.17, 15) is 8.78 Å². The van der Waals surface area contributed by atoms with Crippen molar-refractivity contribution in [3.05, 3.63) is 69.2 Å². The highest BCUT2D eigenvalue weighted by atomic mass is 79.9. The lowest BCUT2D eigenvalue weighted by Gasteiger charge is -2.15. The average Bonchev–Trinajstić information content (AvgIpc) is 2.27. The lowest BCUT2D eigenvalue weighted by molar-refractivity contribution is 0.543. The number of hydrogen-bond acceptors (Lipinski definition) is 1. The van der Waals surface area contributed by atoms with Crippen LogP contribution in [-0.4, -0.2) is 0 Å². The molecule has 0 aromatic heterocycles. The van der Waals surface area contributed by atoms with Gasteiger partial charge in [-0.2, -0.15) is 0 Å². The Kier molecular flexibility index (Phi) is 3.78. The molecule has 0 heterocycles. The van der Waals surface area contributed by atoms with Gasteiger partial charge in [-0.05, 0) is 42.3 Å². The van der Waals surface area contributed by atoms with E-state index in [0.29, 0.717) is 5.56 Å². The maximum atomic E-state index is 13.7. The molecule has 0 saturated carbocycles. The summed E-state index contributed by atoms with van der Waals surface area (Å²) in [4.78, 5) is 0. The standard InChI is InChI=1S/C14H12BrF2N/c1-8-5-9(7-10(15)6-8)14(18)13-11(16)3-2-4-12(13)17/h2-7,14H,18H2,1H3. The maximum Gasteiger partial charge on any atom is 0.131 e. The van der Waals surface area contributed by atoms with Gasteiger partial charge in [0.15, 0.2) is 0 Å². The fraction of sp³-hybridized carbons (Fsp3) is 0.143. The second kappa shape index (κ2) is 5.16. The lowest BCUT2D eigenvalue weighted by atomic mass is 9.97. The zero-order chi connectivity index (χ0) is 13.3. The summed E-state index contributed by atoms with van der Waals surface area (Å²) in [5.41, 5.74) is 7.50. The van der Waals surface area contributed by atoms with Crippen LogP contribution in [0.15, 0.2) is 40.9 Å². The summed E-state index contributed by atoms with van der Waals surface area (Å²) >= 11 is 3.35. The molecule has 0 fully saturated rings.